The second-order valence-electron chi connectivity index (χ2n) is 5.43. The fraction of sp³-hybridized carbons (Fsp3) is 0.611. The van der Waals surface area contributed by atoms with E-state index in [1.165, 1.54) is 12.8 Å². The second kappa shape index (κ2) is 9.71. The van der Waals surface area contributed by atoms with Crippen molar-refractivity contribution in [3.63, 3.8) is 0 Å². The summed E-state index contributed by atoms with van der Waals surface area (Å²) in [5.41, 5.74) is 0.761. The minimum atomic E-state index is -0.296. The molecule has 1 atom stereocenters. The van der Waals surface area contributed by atoms with Crippen LogP contribution in [0.1, 0.15) is 62.7 Å². The lowest BCUT2D eigenvalue weighted by atomic mass is 9.86. The topological polar surface area (TPSA) is 26.3 Å². The van der Waals surface area contributed by atoms with Crippen LogP contribution in [-0.4, -0.2) is 19.0 Å². The molecule has 1 aromatic rings. The summed E-state index contributed by atoms with van der Waals surface area (Å²) in [7, 11) is 1.66. The van der Waals surface area contributed by atoms with Crippen molar-refractivity contribution in [1.29, 1.82) is 0 Å². The number of benzene rings is 1. The first kappa shape index (κ1) is 16.9. The highest BCUT2D eigenvalue weighted by atomic mass is 16.5. The van der Waals surface area contributed by atoms with Crippen molar-refractivity contribution < 1.29 is 9.53 Å². The van der Waals surface area contributed by atoms with E-state index in [4.69, 9.17) is 4.74 Å². The molecule has 0 saturated heterocycles. The third kappa shape index (κ3) is 5.09. The Hall–Kier alpha value is -1.15. The van der Waals surface area contributed by atoms with Crippen molar-refractivity contribution in [1.82, 2.24) is 0 Å². The molecule has 0 aliphatic carbocycles. The van der Waals surface area contributed by atoms with Crippen LogP contribution in [0.15, 0.2) is 30.3 Å². The summed E-state index contributed by atoms with van der Waals surface area (Å²) in [5.74, 6) is 0.470. The van der Waals surface area contributed by atoms with Gasteiger partial charge in [0, 0.05) is 12.7 Å². The molecule has 0 N–H and O–H groups in total. The molecule has 0 aliphatic heterocycles. The monoisotopic (exact) mass is 276 g/mol. The van der Waals surface area contributed by atoms with Gasteiger partial charge in [-0.3, -0.25) is 4.79 Å². The van der Waals surface area contributed by atoms with Gasteiger partial charge in [-0.1, -0.05) is 69.9 Å². The molecule has 2 heteroatoms. The molecule has 1 unspecified atom stereocenters. The van der Waals surface area contributed by atoms with Crippen molar-refractivity contribution in [2.24, 2.45) is 5.92 Å². The Morgan fingerprint density at radius 3 is 2.05 bits per heavy atom. The number of ketones is 1. The Bertz CT molecular complexity index is 364. The molecule has 1 aromatic carbocycles. The fourth-order valence-corrected chi connectivity index (χ4v) is 2.66. The summed E-state index contributed by atoms with van der Waals surface area (Å²) in [5, 5.41) is 0. The third-order valence-electron chi connectivity index (χ3n) is 3.86. The van der Waals surface area contributed by atoms with E-state index in [1.54, 1.807) is 7.11 Å². The maximum atomic E-state index is 12.6. The van der Waals surface area contributed by atoms with Crippen LogP contribution in [0.4, 0.5) is 0 Å². The average Bonchev–Trinajstić information content (AvgIpc) is 2.50. The summed E-state index contributed by atoms with van der Waals surface area (Å²) in [6, 6.07) is 9.51. The maximum Gasteiger partial charge on any atom is 0.191 e. The Kier molecular flexibility index (Phi) is 8.20. The summed E-state index contributed by atoms with van der Waals surface area (Å²) in [6.07, 6.45) is 6.51. The third-order valence-corrected chi connectivity index (χ3v) is 3.86. The lowest BCUT2D eigenvalue weighted by Gasteiger charge is -2.25. The number of unbranched alkanes of at least 4 members (excludes halogenated alkanes) is 2. The van der Waals surface area contributed by atoms with E-state index in [-0.39, 0.29) is 11.9 Å². The summed E-state index contributed by atoms with van der Waals surface area (Å²) < 4.78 is 5.57. The molecule has 0 aromatic heterocycles. The molecule has 0 amide bonds. The first-order valence-corrected chi connectivity index (χ1v) is 7.86. The Morgan fingerprint density at radius 2 is 1.60 bits per heavy atom. The number of hydrogen-bond donors (Lipinski definition) is 0. The normalized spacial score (nSPS) is 12.6. The van der Waals surface area contributed by atoms with Gasteiger partial charge in [0.05, 0.1) is 0 Å². The maximum absolute atomic E-state index is 12.6. The predicted octanol–water partition coefficient (Wildman–Crippen LogP) is 4.88. The molecule has 112 valence electrons. The molecule has 0 aliphatic rings. The van der Waals surface area contributed by atoms with Gasteiger partial charge >= 0.3 is 0 Å². The Morgan fingerprint density at radius 1 is 1.05 bits per heavy atom. The number of methoxy groups -OCH3 is 1. The SMILES string of the molecule is CCCCC(CCCC)C(OC)C(=O)c1ccccc1. The van der Waals surface area contributed by atoms with Crippen molar-refractivity contribution in [2.45, 2.75) is 58.5 Å². The van der Waals surface area contributed by atoms with Crippen LogP contribution in [0, 0.1) is 5.92 Å². The second-order valence-corrected chi connectivity index (χ2v) is 5.43. The molecular formula is C18H28O2. The van der Waals surface area contributed by atoms with Gasteiger partial charge in [0.2, 0.25) is 0 Å². The van der Waals surface area contributed by atoms with Gasteiger partial charge in [-0.15, -0.1) is 0 Å². The zero-order chi connectivity index (χ0) is 14.8. The number of carbonyl (C=O) groups excluding carboxylic acids is 1. The number of hydrogen-bond acceptors (Lipinski definition) is 2. The number of Topliss-reactive ketones (excluding diaryl/α,β-unsaturated/α-hetero) is 1. The van der Waals surface area contributed by atoms with Crippen molar-refractivity contribution in [3.05, 3.63) is 35.9 Å². The lowest BCUT2D eigenvalue weighted by Crippen LogP contribution is -2.32. The molecule has 1 rings (SSSR count). The van der Waals surface area contributed by atoms with Crippen molar-refractivity contribution >= 4 is 5.78 Å². The van der Waals surface area contributed by atoms with Crippen molar-refractivity contribution in [2.75, 3.05) is 7.11 Å². The summed E-state index contributed by atoms with van der Waals surface area (Å²) >= 11 is 0. The molecule has 0 fully saturated rings. The molecular weight excluding hydrogens is 248 g/mol. The van der Waals surface area contributed by atoms with E-state index >= 15 is 0 Å². The quantitative estimate of drug-likeness (QED) is 0.569. The number of ether oxygens (including phenoxy) is 1. The van der Waals surface area contributed by atoms with Gasteiger partial charge in [-0.05, 0) is 18.8 Å². The minimum Gasteiger partial charge on any atom is -0.373 e. The van der Waals surface area contributed by atoms with Gasteiger partial charge in [0.25, 0.3) is 0 Å². The van der Waals surface area contributed by atoms with Crippen LogP contribution in [0.2, 0.25) is 0 Å². The van der Waals surface area contributed by atoms with Gasteiger partial charge in [0.15, 0.2) is 5.78 Å². The molecule has 0 saturated carbocycles. The van der Waals surface area contributed by atoms with E-state index < -0.39 is 0 Å². The van der Waals surface area contributed by atoms with Crippen LogP contribution >= 0.6 is 0 Å². The Balaban J connectivity index is 2.79. The summed E-state index contributed by atoms with van der Waals surface area (Å²) in [6.45, 7) is 4.38. The molecule has 0 bridgehead atoms. The van der Waals surface area contributed by atoms with E-state index in [2.05, 4.69) is 13.8 Å². The van der Waals surface area contributed by atoms with E-state index in [0.29, 0.717) is 5.92 Å². The predicted molar refractivity (Wildman–Crippen MR) is 84.1 cm³/mol. The lowest BCUT2D eigenvalue weighted by molar-refractivity contribution is 0.0349. The van der Waals surface area contributed by atoms with E-state index in [0.717, 1.165) is 31.2 Å². The molecule has 0 heterocycles. The van der Waals surface area contributed by atoms with Crippen LogP contribution in [0.5, 0.6) is 0 Å². The zero-order valence-corrected chi connectivity index (χ0v) is 13.1. The Labute approximate surface area is 123 Å². The summed E-state index contributed by atoms with van der Waals surface area (Å²) in [4.78, 5) is 12.6. The fourth-order valence-electron chi connectivity index (χ4n) is 2.66. The van der Waals surface area contributed by atoms with E-state index in [1.807, 2.05) is 30.3 Å². The first-order valence-electron chi connectivity index (χ1n) is 7.86. The standard InChI is InChI=1S/C18H28O2/c1-4-6-11-16(12-7-5-2)18(20-3)17(19)15-13-9-8-10-14-15/h8-10,13-14,16,18H,4-7,11-12H2,1-3H3. The van der Waals surface area contributed by atoms with Crippen LogP contribution in [-0.2, 0) is 4.74 Å². The molecule has 20 heavy (non-hydrogen) atoms. The highest BCUT2D eigenvalue weighted by molar-refractivity contribution is 5.99. The zero-order valence-electron chi connectivity index (χ0n) is 13.1. The molecule has 2 nitrogen and oxygen atoms in total. The van der Waals surface area contributed by atoms with Crippen LogP contribution in [0.25, 0.3) is 0 Å². The first-order chi connectivity index (χ1) is 9.74. The minimum absolute atomic E-state index is 0.130. The smallest absolute Gasteiger partial charge is 0.191 e. The van der Waals surface area contributed by atoms with E-state index in [9.17, 15) is 4.79 Å². The highest BCUT2D eigenvalue weighted by Gasteiger charge is 2.28. The van der Waals surface area contributed by atoms with Crippen LogP contribution < -0.4 is 0 Å². The number of rotatable bonds is 10. The van der Waals surface area contributed by atoms with Gasteiger partial charge in [-0.25, -0.2) is 0 Å². The number of carbonyl (C=O) groups is 1. The molecule has 0 spiro atoms. The molecule has 0 radical (unpaired) electrons. The van der Waals surface area contributed by atoms with Gasteiger partial charge < -0.3 is 4.74 Å². The van der Waals surface area contributed by atoms with Gasteiger partial charge in [0.1, 0.15) is 6.10 Å². The average molecular weight is 276 g/mol. The highest BCUT2D eigenvalue weighted by Crippen LogP contribution is 2.24. The van der Waals surface area contributed by atoms with Crippen molar-refractivity contribution in [3.8, 4) is 0 Å². The largest absolute Gasteiger partial charge is 0.373 e. The van der Waals surface area contributed by atoms with Gasteiger partial charge in [-0.2, -0.15) is 0 Å². The van der Waals surface area contributed by atoms with Crippen LogP contribution in [0.3, 0.4) is 0 Å².